The lowest BCUT2D eigenvalue weighted by Crippen LogP contribution is -2.65. The lowest BCUT2D eigenvalue weighted by Gasteiger charge is -2.44. The van der Waals surface area contributed by atoms with Crippen molar-refractivity contribution in [3.05, 3.63) is 0 Å². The van der Waals surface area contributed by atoms with Crippen LogP contribution in [-0.4, -0.2) is 81.3 Å². The van der Waals surface area contributed by atoms with Crippen molar-refractivity contribution in [2.45, 2.75) is 92.8 Å². The van der Waals surface area contributed by atoms with E-state index in [2.05, 4.69) is 16.7 Å². The number of thioether (sulfide) groups is 1. The summed E-state index contributed by atoms with van der Waals surface area (Å²) in [6.07, 6.45) is 1.78. The summed E-state index contributed by atoms with van der Waals surface area (Å²) in [4.78, 5) is 12.9. The molecule has 2 aliphatic heterocycles. The first kappa shape index (κ1) is 25.7. The summed E-state index contributed by atoms with van der Waals surface area (Å²) in [7, 11) is 0. The summed E-state index contributed by atoms with van der Waals surface area (Å²) in [5.74, 6) is 0.274. The molecule has 1 amide bonds. The van der Waals surface area contributed by atoms with Gasteiger partial charge in [0.15, 0.2) is 0 Å². The van der Waals surface area contributed by atoms with Gasteiger partial charge in [-0.2, -0.15) is 5.26 Å². The average molecular weight is 464 g/mol. The van der Waals surface area contributed by atoms with Gasteiger partial charge in [-0.3, -0.25) is 4.79 Å². The number of nitriles is 1. The van der Waals surface area contributed by atoms with E-state index in [1.165, 1.54) is 11.8 Å². The summed E-state index contributed by atoms with van der Waals surface area (Å²) < 4.78 is 5.80. The number of aliphatic hydroxyl groups is 3. The molecular formula is C20H34ClN3O5S. The fraction of sp³-hybridized carbons (Fsp3) is 0.900. The van der Waals surface area contributed by atoms with Crippen molar-refractivity contribution in [1.82, 2.24) is 10.6 Å². The van der Waals surface area contributed by atoms with Gasteiger partial charge in [-0.05, 0) is 57.7 Å². The van der Waals surface area contributed by atoms with E-state index in [0.717, 1.165) is 32.2 Å². The molecule has 1 unspecified atom stereocenters. The first-order chi connectivity index (χ1) is 14.3. The van der Waals surface area contributed by atoms with Crippen molar-refractivity contribution in [3.63, 3.8) is 0 Å². The van der Waals surface area contributed by atoms with Gasteiger partial charge in [-0.1, -0.05) is 0 Å². The van der Waals surface area contributed by atoms with Crippen LogP contribution in [0, 0.1) is 17.2 Å². The standard InChI is InChI=1S/C20H34ClN3O5S/c1-11(21)14(18-16(26)15(25)17(27)20(29-18)30-2)24-19(28)13-7-6-12(8-10-23-13)5-3-4-9-22/h11-18,20,23,25-27H,3-8,10H2,1-2H3,(H,24,28)/t11-,12-,13?,14+,15-,16+,17+,18+,20+/m0/s1. The maximum atomic E-state index is 12.9. The van der Waals surface area contributed by atoms with Gasteiger partial charge in [0.25, 0.3) is 0 Å². The normalized spacial score (nSPS) is 36.9. The third kappa shape index (κ3) is 6.70. The van der Waals surface area contributed by atoms with Crippen LogP contribution in [0.3, 0.4) is 0 Å². The van der Waals surface area contributed by atoms with E-state index in [0.29, 0.717) is 18.8 Å². The molecule has 10 heteroatoms. The number of amides is 1. The second-order valence-electron chi connectivity index (χ2n) is 8.18. The quantitative estimate of drug-likeness (QED) is 0.262. The number of hydrogen-bond donors (Lipinski definition) is 5. The molecular weight excluding hydrogens is 430 g/mol. The van der Waals surface area contributed by atoms with E-state index in [9.17, 15) is 20.1 Å². The molecule has 0 aromatic rings. The molecule has 0 bridgehead atoms. The zero-order valence-corrected chi connectivity index (χ0v) is 19.1. The second kappa shape index (κ2) is 12.4. The Morgan fingerprint density at radius 3 is 2.67 bits per heavy atom. The number of nitrogens with one attached hydrogen (secondary N) is 2. The van der Waals surface area contributed by atoms with Crippen molar-refractivity contribution in [2.75, 3.05) is 12.8 Å². The monoisotopic (exact) mass is 463 g/mol. The second-order valence-corrected chi connectivity index (χ2v) is 9.80. The number of carbonyl (C=O) groups is 1. The lowest BCUT2D eigenvalue weighted by molar-refractivity contribution is -0.205. The van der Waals surface area contributed by atoms with Crippen LogP contribution in [0.5, 0.6) is 0 Å². The van der Waals surface area contributed by atoms with Gasteiger partial charge in [0.05, 0.1) is 23.5 Å². The van der Waals surface area contributed by atoms with Crippen LogP contribution < -0.4 is 10.6 Å². The van der Waals surface area contributed by atoms with Crippen LogP contribution in [0.4, 0.5) is 0 Å². The Morgan fingerprint density at radius 1 is 1.30 bits per heavy atom. The number of carbonyl (C=O) groups excluding carboxylic acids is 1. The number of halogens is 1. The SMILES string of the molecule is CS[C@H]1O[C@H]([C@H](NC(=O)C2CC[C@H](CCCC#N)CCN2)[C@H](C)Cl)[C@H](O)[C@H](O)[C@H]1O. The minimum atomic E-state index is -1.39. The molecule has 0 spiro atoms. The van der Waals surface area contributed by atoms with Gasteiger partial charge < -0.3 is 30.7 Å². The first-order valence-corrected chi connectivity index (χ1v) is 12.3. The number of aliphatic hydroxyl groups excluding tert-OH is 3. The number of hydrogen-bond acceptors (Lipinski definition) is 8. The Kier molecular flexibility index (Phi) is 10.6. The Morgan fingerprint density at radius 2 is 2.03 bits per heavy atom. The highest BCUT2D eigenvalue weighted by Gasteiger charge is 2.48. The molecule has 8 nitrogen and oxygen atoms in total. The molecule has 0 aromatic heterocycles. The molecule has 0 aromatic carbocycles. The fourth-order valence-corrected chi connectivity index (χ4v) is 5.07. The maximum absolute atomic E-state index is 12.9. The number of ether oxygens (including phenoxy) is 1. The lowest BCUT2D eigenvalue weighted by atomic mass is 9.92. The number of nitrogens with zero attached hydrogens (tertiary/aromatic N) is 1. The van der Waals surface area contributed by atoms with Gasteiger partial charge in [0.2, 0.25) is 5.91 Å². The van der Waals surface area contributed by atoms with Crippen molar-refractivity contribution < 1.29 is 24.9 Å². The van der Waals surface area contributed by atoms with Crippen LogP contribution in [-0.2, 0) is 9.53 Å². The molecule has 2 aliphatic rings. The molecule has 2 saturated heterocycles. The van der Waals surface area contributed by atoms with E-state index in [-0.39, 0.29) is 11.9 Å². The molecule has 9 atom stereocenters. The van der Waals surface area contributed by atoms with Gasteiger partial charge in [0.1, 0.15) is 29.9 Å². The third-order valence-corrected chi connectivity index (χ3v) is 7.15. The molecule has 2 fully saturated rings. The summed E-state index contributed by atoms with van der Waals surface area (Å²) in [5.41, 5.74) is -0.728. The van der Waals surface area contributed by atoms with E-state index in [1.807, 2.05) is 0 Å². The largest absolute Gasteiger partial charge is 0.388 e. The Hall–Kier alpha value is -0.600. The van der Waals surface area contributed by atoms with Gasteiger partial charge >= 0.3 is 0 Å². The maximum Gasteiger partial charge on any atom is 0.237 e. The highest BCUT2D eigenvalue weighted by Crippen LogP contribution is 2.30. The van der Waals surface area contributed by atoms with Crippen LogP contribution >= 0.6 is 23.4 Å². The Labute approximate surface area is 187 Å². The van der Waals surface area contributed by atoms with Crippen molar-refractivity contribution in [1.29, 1.82) is 5.26 Å². The highest BCUT2D eigenvalue weighted by atomic mass is 35.5. The summed E-state index contributed by atoms with van der Waals surface area (Å²) >= 11 is 7.54. The summed E-state index contributed by atoms with van der Waals surface area (Å²) in [6.45, 7) is 2.41. The molecule has 2 heterocycles. The van der Waals surface area contributed by atoms with E-state index in [1.54, 1.807) is 13.2 Å². The van der Waals surface area contributed by atoms with Crippen LogP contribution in [0.25, 0.3) is 0 Å². The smallest absolute Gasteiger partial charge is 0.237 e. The van der Waals surface area contributed by atoms with E-state index >= 15 is 0 Å². The van der Waals surface area contributed by atoms with E-state index < -0.39 is 41.3 Å². The molecule has 172 valence electrons. The van der Waals surface area contributed by atoms with Crippen molar-refractivity contribution in [2.24, 2.45) is 5.92 Å². The van der Waals surface area contributed by atoms with E-state index in [4.69, 9.17) is 21.6 Å². The minimum absolute atomic E-state index is 0.220. The first-order valence-electron chi connectivity index (χ1n) is 10.6. The molecule has 0 aliphatic carbocycles. The van der Waals surface area contributed by atoms with Crippen molar-refractivity contribution in [3.8, 4) is 6.07 Å². The zero-order chi connectivity index (χ0) is 22.3. The topological polar surface area (TPSA) is 135 Å². The van der Waals surface area contributed by atoms with Crippen molar-refractivity contribution >= 4 is 29.3 Å². The molecule has 2 rings (SSSR count). The van der Waals surface area contributed by atoms with Crippen LogP contribution in [0.1, 0.15) is 45.4 Å². The van der Waals surface area contributed by atoms with Gasteiger partial charge in [-0.15, -0.1) is 23.4 Å². The Balaban J connectivity index is 1.99. The molecule has 5 N–H and O–H groups in total. The summed E-state index contributed by atoms with van der Waals surface area (Å²) in [5, 5.41) is 45.0. The minimum Gasteiger partial charge on any atom is -0.388 e. The van der Waals surface area contributed by atoms with Gasteiger partial charge in [-0.25, -0.2) is 0 Å². The molecule has 0 radical (unpaired) electrons. The van der Waals surface area contributed by atoms with Crippen LogP contribution in [0.2, 0.25) is 0 Å². The number of unbranched alkanes of at least 4 members (excludes halogenated alkanes) is 1. The molecule has 0 saturated carbocycles. The fourth-order valence-electron chi connectivity index (χ4n) is 4.18. The third-order valence-electron chi connectivity index (χ3n) is 6.02. The average Bonchev–Trinajstić information content (AvgIpc) is 2.97. The van der Waals surface area contributed by atoms with Crippen LogP contribution in [0.15, 0.2) is 0 Å². The Bertz CT molecular complexity index is 591. The molecule has 30 heavy (non-hydrogen) atoms. The summed E-state index contributed by atoms with van der Waals surface area (Å²) in [6, 6.07) is 1.06. The highest BCUT2D eigenvalue weighted by molar-refractivity contribution is 7.99. The predicted molar refractivity (Wildman–Crippen MR) is 116 cm³/mol. The predicted octanol–water partition coefficient (Wildman–Crippen LogP) is 0.721. The zero-order valence-electron chi connectivity index (χ0n) is 17.5. The van der Waals surface area contributed by atoms with Gasteiger partial charge in [0, 0.05) is 6.42 Å². The number of alkyl halides is 1. The number of rotatable bonds is 8.